The van der Waals surface area contributed by atoms with Gasteiger partial charge in [-0.3, -0.25) is 10.2 Å². The number of nitrogens with two attached hydrogens (primary N) is 2. The Morgan fingerprint density at radius 1 is 1.62 bits per heavy atom. The number of thioether (sulfide) groups is 1. The van der Waals surface area contributed by atoms with Crippen molar-refractivity contribution in [3.05, 3.63) is 0 Å². The molecule has 1 unspecified atom stereocenters. The van der Waals surface area contributed by atoms with Crippen LogP contribution in [0.25, 0.3) is 0 Å². The summed E-state index contributed by atoms with van der Waals surface area (Å²) in [5.74, 6) is 5.84. The fourth-order valence-corrected chi connectivity index (χ4v) is 1.92. The van der Waals surface area contributed by atoms with E-state index in [-0.39, 0.29) is 5.91 Å². The van der Waals surface area contributed by atoms with Crippen LogP contribution in [0.3, 0.4) is 0 Å². The number of hydrogen-bond donors (Lipinski definition) is 3. The molecule has 0 spiro atoms. The number of hydrazine groups is 1. The first-order valence-electron chi connectivity index (χ1n) is 4.51. The van der Waals surface area contributed by atoms with E-state index in [1.54, 1.807) is 0 Å². The van der Waals surface area contributed by atoms with Gasteiger partial charge in [0.1, 0.15) is 0 Å². The van der Waals surface area contributed by atoms with Gasteiger partial charge < -0.3 is 5.73 Å². The van der Waals surface area contributed by atoms with Gasteiger partial charge in [0, 0.05) is 11.7 Å². The Kier molecular flexibility index (Phi) is 8.18. The van der Waals surface area contributed by atoms with Gasteiger partial charge in [0.15, 0.2) is 0 Å². The predicted molar refractivity (Wildman–Crippen MR) is 57.2 cm³/mol. The number of carbonyl (C=O) groups is 1. The molecule has 0 rings (SSSR count). The molecule has 4 nitrogen and oxygen atoms in total. The summed E-state index contributed by atoms with van der Waals surface area (Å²) in [4.78, 5) is 10.7. The van der Waals surface area contributed by atoms with Gasteiger partial charge in [0.25, 0.3) is 0 Å². The Bertz CT molecular complexity index is 143. The lowest BCUT2D eigenvalue weighted by atomic mass is 10.3. The summed E-state index contributed by atoms with van der Waals surface area (Å²) in [6.45, 7) is 2.89. The maximum Gasteiger partial charge on any atom is 0.233 e. The fraction of sp³-hybridized carbons (Fsp3) is 0.875. The summed E-state index contributed by atoms with van der Waals surface area (Å²) in [5, 5.41) is 0.589. The van der Waals surface area contributed by atoms with E-state index < -0.39 is 0 Å². The minimum Gasteiger partial charge on any atom is -0.330 e. The molecule has 0 bridgehead atoms. The summed E-state index contributed by atoms with van der Waals surface area (Å²) < 4.78 is 0. The van der Waals surface area contributed by atoms with Crippen molar-refractivity contribution in [3.8, 4) is 0 Å². The van der Waals surface area contributed by atoms with Crippen molar-refractivity contribution in [2.45, 2.75) is 31.4 Å². The van der Waals surface area contributed by atoms with Crippen LogP contribution in [0.5, 0.6) is 0 Å². The van der Waals surface area contributed by atoms with Crippen LogP contribution in [0, 0.1) is 0 Å². The van der Waals surface area contributed by atoms with Crippen molar-refractivity contribution in [2.75, 3.05) is 12.3 Å². The summed E-state index contributed by atoms with van der Waals surface area (Å²) in [7, 11) is 0. The number of rotatable bonds is 7. The van der Waals surface area contributed by atoms with Crippen molar-refractivity contribution in [3.63, 3.8) is 0 Å². The molecule has 13 heavy (non-hydrogen) atoms. The number of carbonyl (C=O) groups excluding carboxylic acids is 1. The molecule has 0 aliphatic rings. The molecule has 0 fully saturated rings. The molecule has 5 heteroatoms. The van der Waals surface area contributed by atoms with Gasteiger partial charge in [-0.1, -0.05) is 6.92 Å². The minimum absolute atomic E-state index is 0.0907. The Morgan fingerprint density at radius 2 is 2.31 bits per heavy atom. The summed E-state index contributed by atoms with van der Waals surface area (Å²) in [5.41, 5.74) is 7.52. The third-order valence-electron chi connectivity index (χ3n) is 1.68. The third kappa shape index (κ3) is 8.08. The third-order valence-corrected chi connectivity index (χ3v) is 3.01. The lowest BCUT2D eigenvalue weighted by molar-refractivity contribution is -0.121. The largest absolute Gasteiger partial charge is 0.330 e. The molecule has 0 aliphatic heterocycles. The van der Waals surface area contributed by atoms with Crippen LogP contribution in [0.15, 0.2) is 0 Å². The van der Waals surface area contributed by atoms with Gasteiger partial charge in [-0.2, -0.15) is 11.8 Å². The highest BCUT2D eigenvalue weighted by Gasteiger charge is 2.02. The highest BCUT2D eigenvalue weighted by Crippen LogP contribution is 2.14. The Balaban J connectivity index is 3.20. The second kappa shape index (κ2) is 8.34. The molecule has 0 aromatic rings. The van der Waals surface area contributed by atoms with Crippen molar-refractivity contribution in [2.24, 2.45) is 11.6 Å². The van der Waals surface area contributed by atoms with E-state index in [9.17, 15) is 4.79 Å². The molecule has 0 saturated heterocycles. The van der Waals surface area contributed by atoms with Gasteiger partial charge in [0.05, 0.1) is 0 Å². The van der Waals surface area contributed by atoms with Crippen LogP contribution >= 0.6 is 11.8 Å². The molecular formula is C8H19N3OS. The van der Waals surface area contributed by atoms with Crippen molar-refractivity contribution >= 4 is 17.7 Å². The summed E-state index contributed by atoms with van der Waals surface area (Å²) >= 11 is 1.85. The maximum absolute atomic E-state index is 10.7. The lowest BCUT2D eigenvalue weighted by Gasteiger charge is -2.08. The highest BCUT2D eigenvalue weighted by atomic mass is 32.2. The number of amides is 1. The molecule has 0 saturated carbocycles. The van der Waals surface area contributed by atoms with E-state index in [2.05, 4.69) is 12.3 Å². The second-order valence-electron chi connectivity index (χ2n) is 2.93. The average Bonchev–Trinajstić information content (AvgIpc) is 2.12. The zero-order chi connectivity index (χ0) is 10.1. The number of hydrogen-bond acceptors (Lipinski definition) is 4. The molecule has 1 amide bonds. The Hall–Kier alpha value is -0.260. The molecule has 1 atom stereocenters. The first-order valence-corrected chi connectivity index (χ1v) is 5.56. The standard InChI is InChI=1S/C8H19N3OS/c1-7(4-5-9)13-6-2-3-8(12)11-10/h7H,2-6,9-10H2,1H3,(H,11,12). The molecule has 0 aromatic heterocycles. The molecule has 0 aliphatic carbocycles. The molecule has 0 radical (unpaired) electrons. The van der Waals surface area contributed by atoms with E-state index in [1.807, 2.05) is 11.8 Å². The predicted octanol–water partition coefficient (Wildman–Crippen LogP) is 0.227. The monoisotopic (exact) mass is 205 g/mol. The molecule has 78 valence electrons. The lowest BCUT2D eigenvalue weighted by Crippen LogP contribution is -2.29. The SMILES string of the molecule is CC(CCN)SCCCC(=O)NN. The van der Waals surface area contributed by atoms with Gasteiger partial charge in [-0.05, 0) is 25.1 Å². The fourth-order valence-electron chi connectivity index (χ4n) is 0.907. The summed E-state index contributed by atoms with van der Waals surface area (Å²) in [6.07, 6.45) is 2.43. The average molecular weight is 205 g/mol. The van der Waals surface area contributed by atoms with Gasteiger partial charge in [-0.15, -0.1) is 0 Å². The van der Waals surface area contributed by atoms with E-state index in [1.165, 1.54) is 0 Å². The van der Waals surface area contributed by atoms with Crippen LogP contribution < -0.4 is 17.0 Å². The molecule has 0 heterocycles. The molecule has 5 N–H and O–H groups in total. The topological polar surface area (TPSA) is 81.1 Å². The van der Waals surface area contributed by atoms with Gasteiger partial charge >= 0.3 is 0 Å². The Morgan fingerprint density at radius 3 is 2.85 bits per heavy atom. The quantitative estimate of drug-likeness (QED) is 0.240. The maximum atomic E-state index is 10.7. The van der Waals surface area contributed by atoms with E-state index in [4.69, 9.17) is 11.6 Å². The van der Waals surface area contributed by atoms with Crippen LogP contribution in [0.1, 0.15) is 26.2 Å². The molecule has 0 aromatic carbocycles. The highest BCUT2D eigenvalue weighted by molar-refractivity contribution is 7.99. The zero-order valence-electron chi connectivity index (χ0n) is 8.08. The van der Waals surface area contributed by atoms with Crippen molar-refractivity contribution in [1.82, 2.24) is 5.43 Å². The summed E-state index contributed by atoms with van der Waals surface area (Å²) in [6, 6.07) is 0. The first-order chi connectivity index (χ1) is 6.20. The van der Waals surface area contributed by atoms with E-state index in [0.717, 1.165) is 25.1 Å². The van der Waals surface area contributed by atoms with E-state index >= 15 is 0 Å². The zero-order valence-corrected chi connectivity index (χ0v) is 8.90. The van der Waals surface area contributed by atoms with Crippen LogP contribution in [0.4, 0.5) is 0 Å². The normalized spacial score (nSPS) is 12.5. The van der Waals surface area contributed by atoms with Crippen LogP contribution in [-0.2, 0) is 4.79 Å². The van der Waals surface area contributed by atoms with Crippen LogP contribution in [0.2, 0.25) is 0 Å². The molecular weight excluding hydrogens is 186 g/mol. The minimum atomic E-state index is -0.0907. The van der Waals surface area contributed by atoms with Crippen molar-refractivity contribution < 1.29 is 4.79 Å². The van der Waals surface area contributed by atoms with Crippen molar-refractivity contribution in [1.29, 1.82) is 0 Å². The Labute approximate surface area is 83.8 Å². The smallest absolute Gasteiger partial charge is 0.233 e. The van der Waals surface area contributed by atoms with Crippen LogP contribution in [-0.4, -0.2) is 23.5 Å². The van der Waals surface area contributed by atoms with E-state index in [0.29, 0.717) is 11.7 Å². The van der Waals surface area contributed by atoms with Gasteiger partial charge in [-0.25, -0.2) is 5.84 Å². The first kappa shape index (κ1) is 12.7. The second-order valence-corrected chi connectivity index (χ2v) is 4.48. The van der Waals surface area contributed by atoms with Gasteiger partial charge in [0.2, 0.25) is 5.91 Å². The number of nitrogens with one attached hydrogen (secondary N) is 1.